The van der Waals surface area contributed by atoms with E-state index in [1.807, 2.05) is 23.1 Å². The average Bonchev–Trinajstić information content (AvgIpc) is 2.68. The normalized spacial score (nSPS) is 16.1. The molecule has 1 aromatic heterocycles. The highest BCUT2D eigenvalue weighted by Gasteiger charge is 2.29. The molecular weight excluding hydrogens is 348 g/mol. The zero-order valence-electron chi connectivity index (χ0n) is 14.5. The van der Waals surface area contributed by atoms with Gasteiger partial charge in [0.2, 0.25) is 14.9 Å². The molecule has 1 aliphatic heterocycles. The van der Waals surface area contributed by atoms with Gasteiger partial charge in [-0.3, -0.25) is 0 Å². The fourth-order valence-corrected chi connectivity index (χ4v) is 4.46. The Morgan fingerprint density at radius 2 is 1.38 bits per heavy atom. The second-order valence-corrected chi connectivity index (χ2v) is 8.31. The Kier molecular flexibility index (Phi) is 4.34. The van der Waals surface area contributed by atoms with Crippen molar-refractivity contribution in [2.45, 2.75) is 9.92 Å². The molecule has 1 aliphatic rings. The Labute approximate surface area is 153 Å². The number of benzene rings is 2. The molecule has 0 spiro atoms. The van der Waals surface area contributed by atoms with Crippen molar-refractivity contribution < 1.29 is 8.42 Å². The maximum Gasteiger partial charge on any atom is 0.227 e. The molecule has 0 radical (unpaired) electrons. The van der Waals surface area contributed by atoms with Gasteiger partial charge in [0.05, 0.1) is 15.9 Å². The Morgan fingerprint density at radius 3 is 2.04 bits per heavy atom. The number of piperazine rings is 1. The molecule has 134 valence electrons. The summed E-state index contributed by atoms with van der Waals surface area (Å²) in [4.78, 5) is 13.7. The minimum absolute atomic E-state index is 0.0342. The summed E-state index contributed by atoms with van der Waals surface area (Å²) in [5.74, 6) is 0.445. The fourth-order valence-electron chi connectivity index (χ4n) is 3.09. The van der Waals surface area contributed by atoms with Crippen LogP contribution in [0.25, 0.3) is 11.0 Å². The van der Waals surface area contributed by atoms with Crippen LogP contribution in [-0.4, -0.2) is 56.5 Å². The molecular formula is C19H20N4O2S. The number of sulfone groups is 1. The van der Waals surface area contributed by atoms with Gasteiger partial charge in [0.25, 0.3) is 0 Å². The lowest BCUT2D eigenvalue weighted by molar-refractivity contribution is 0.311. The van der Waals surface area contributed by atoms with Crippen LogP contribution in [0.5, 0.6) is 0 Å². The zero-order chi connectivity index (χ0) is 18.1. The molecule has 4 rings (SSSR count). The van der Waals surface area contributed by atoms with E-state index in [1.165, 1.54) is 0 Å². The van der Waals surface area contributed by atoms with E-state index in [1.54, 1.807) is 36.4 Å². The molecule has 0 unspecified atom stereocenters. The maximum atomic E-state index is 13.3. The van der Waals surface area contributed by atoms with Crippen molar-refractivity contribution in [2.75, 3.05) is 38.1 Å². The Morgan fingerprint density at radius 1 is 0.808 bits per heavy atom. The molecule has 1 fully saturated rings. The van der Waals surface area contributed by atoms with Crippen molar-refractivity contribution >= 4 is 26.7 Å². The lowest BCUT2D eigenvalue weighted by atomic mass is 10.3. The third kappa shape index (κ3) is 3.04. The molecule has 2 aromatic carbocycles. The number of anilines is 1. The van der Waals surface area contributed by atoms with Gasteiger partial charge in [-0.1, -0.05) is 30.3 Å². The molecule has 7 heteroatoms. The van der Waals surface area contributed by atoms with Crippen LogP contribution in [-0.2, 0) is 9.84 Å². The number of hydrogen-bond donors (Lipinski definition) is 0. The third-order valence-electron chi connectivity index (χ3n) is 4.63. The van der Waals surface area contributed by atoms with Crippen molar-refractivity contribution in [3.63, 3.8) is 0 Å². The van der Waals surface area contributed by atoms with Crippen LogP contribution in [0.3, 0.4) is 0 Å². The largest absolute Gasteiger partial charge is 0.352 e. The van der Waals surface area contributed by atoms with Gasteiger partial charge >= 0.3 is 0 Å². The van der Waals surface area contributed by atoms with Crippen LogP contribution in [0.15, 0.2) is 64.5 Å². The second kappa shape index (κ2) is 6.66. The van der Waals surface area contributed by atoms with E-state index in [4.69, 9.17) is 0 Å². The quantitative estimate of drug-likeness (QED) is 0.706. The minimum atomic E-state index is -3.75. The molecule has 0 bridgehead atoms. The topological polar surface area (TPSA) is 66.4 Å². The smallest absolute Gasteiger partial charge is 0.227 e. The molecule has 1 saturated heterocycles. The molecule has 0 saturated carbocycles. The Hall–Kier alpha value is -2.51. The summed E-state index contributed by atoms with van der Waals surface area (Å²) in [6, 6.07) is 15.8. The average molecular weight is 368 g/mol. The summed E-state index contributed by atoms with van der Waals surface area (Å²) in [7, 11) is -1.69. The number of para-hydroxylation sites is 2. The third-order valence-corrected chi connectivity index (χ3v) is 6.31. The van der Waals surface area contributed by atoms with E-state index >= 15 is 0 Å². The van der Waals surface area contributed by atoms with Gasteiger partial charge in [-0.15, -0.1) is 0 Å². The standard InChI is InChI=1S/C19H20N4O2S/c1-22-11-13-23(14-12-22)18-19(21-17-10-6-5-9-16(17)20-18)26(24,25)15-7-3-2-4-8-15/h2-10H,11-14H2,1H3. The fraction of sp³-hybridized carbons (Fsp3) is 0.263. The first-order valence-electron chi connectivity index (χ1n) is 8.56. The second-order valence-electron chi connectivity index (χ2n) is 6.45. The number of rotatable bonds is 3. The first kappa shape index (κ1) is 16.9. The number of likely N-dealkylation sites (N-methyl/N-ethyl adjacent to an activating group) is 1. The first-order valence-corrected chi connectivity index (χ1v) is 10.0. The summed E-state index contributed by atoms with van der Waals surface area (Å²) in [5, 5.41) is 0.0342. The van der Waals surface area contributed by atoms with Crippen molar-refractivity contribution in [3.8, 4) is 0 Å². The van der Waals surface area contributed by atoms with E-state index in [2.05, 4.69) is 21.9 Å². The molecule has 6 nitrogen and oxygen atoms in total. The first-order chi connectivity index (χ1) is 12.6. The van der Waals surface area contributed by atoms with Gasteiger partial charge in [0, 0.05) is 26.2 Å². The molecule has 3 aromatic rings. The maximum absolute atomic E-state index is 13.3. The van der Waals surface area contributed by atoms with Crippen molar-refractivity contribution in [2.24, 2.45) is 0 Å². The number of fused-ring (bicyclic) bond motifs is 1. The molecule has 2 heterocycles. The minimum Gasteiger partial charge on any atom is -0.352 e. The van der Waals surface area contributed by atoms with Crippen LogP contribution in [0, 0.1) is 0 Å². The van der Waals surface area contributed by atoms with Gasteiger partial charge in [-0.2, -0.15) is 0 Å². The van der Waals surface area contributed by atoms with Gasteiger partial charge < -0.3 is 9.80 Å². The highest BCUT2D eigenvalue weighted by atomic mass is 32.2. The van der Waals surface area contributed by atoms with Crippen molar-refractivity contribution in [3.05, 3.63) is 54.6 Å². The lowest BCUT2D eigenvalue weighted by Crippen LogP contribution is -2.45. The van der Waals surface area contributed by atoms with Gasteiger partial charge in [-0.25, -0.2) is 18.4 Å². The predicted octanol–water partition coefficient (Wildman–Crippen LogP) is 2.21. The Bertz CT molecular complexity index is 1030. The van der Waals surface area contributed by atoms with E-state index < -0.39 is 9.84 Å². The van der Waals surface area contributed by atoms with Crippen LogP contribution in [0.1, 0.15) is 0 Å². The monoisotopic (exact) mass is 368 g/mol. The highest BCUT2D eigenvalue weighted by molar-refractivity contribution is 7.91. The SMILES string of the molecule is CN1CCN(c2nc3ccccc3nc2S(=O)(=O)c2ccccc2)CC1. The van der Waals surface area contributed by atoms with Crippen molar-refractivity contribution in [1.29, 1.82) is 0 Å². The van der Waals surface area contributed by atoms with Crippen LogP contribution in [0.4, 0.5) is 5.82 Å². The van der Waals surface area contributed by atoms with E-state index in [9.17, 15) is 8.42 Å². The highest BCUT2D eigenvalue weighted by Crippen LogP contribution is 2.29. The van der Waals surface area contributed by atoms with Gasteiger partial charge in [0.1, 0.15) is 0 Å². The number of nitrogens with zero attached hydrogens (tertiary/aromatic N) is 4. The zero-order valence-corrected chi connectivity index (χ0v) is 15.4. The number of aromatic nitrogens is 2. The summed E-state index contributed by atoms with van der Waals surface area (Å²) in [6.45, 7) is 3.17. The summed E-state index contributed by atoms with van der Waals surface area (Å²) >= 11 is 0. The molecule has 0 atom stereocenters. The summed E-state index contributed by atoms with van der Waals surface area (Å²) in [6.07, 6.45) is 0. The van der Waals surface area contributed by atoms with Crippen LogP contribution < -0.4 is 4.90 Å². The number of hydrogen-bond acceptors (Lipinski definition) is 6. The van der Waals surface area contributed by atoms with Gasteiger partial charge in [0.15, 0.2) is 5.82 Å². The molecule has 0 N–H and O–H groups in total. The summed E-state index contributed by atoms with van der Waals surface area (Å²) < 4.78 is 26.5. The predicted molar refractivity (Wildman–Crippen MR) is 101 cm³/mol. The van der Waals surface area contributed by atoms with Crippen LogP contribution >= 0.6 is 0 Å². The summed E-state index contributed by atoms with van der Waals surface area (Å²) in [5.41, 5.74) is 1.29. The molecule has 26 heavy (non-hydrogen) atoms. The Balaban J connectivity index is 1.90. The van der Waals surface area contributed by atoms with E-state index in [-0.39, 0.29) is 9.92 Å². The van der Waals surface area contributed by atoms with E-state index in [0.717, 1.165) is 26.2 Å². The van der Waals surface area contributed by atoms with Crippen molar-refractivity contribution in [1.82, 2.24) is 14.9 Å². The lowest BCUT2D eigenvalue weighted by Gasteiger charge is -2.33. The van der Waals surface area contributed by atoms with E-state index in [0.29, 0.717) is 16.9 Å². The van der Waals surface area contributed by atoms with Gasteiger partial charge in [-0.05, 0) is 31.3 Å². The molecule has 0 aliphatic carbocycles. The molecule has 0 amide bonds. The van der Waals surface area contributed by atoms with Crippen LogP contribution in [0.2, 0.25) is 0 Å².